The van der Waals surface area contributed by atoms with Crippen LogP contribution in [0.4, 0.5) is 0 Å². The molecule has 2 aliphatic heterocycles. The smallest absolute Gasteiger partial charge is 0.239 e. The summed E-state index contributed by atoms with van der Waals surface area (Å²) in [5.41, 5.74) is 0. The lowest BCUT2D eigenvalue weighted by atomic mass is 10.1. The van der Waals surface area contributed by atoms with Crippen LogP contribution >= 0.6 is 0 Å². The van der Waals surface area contributed by atoms with E-state index in [4.69, 9.17) is 4.74 Å². The third-order valence-electron chi connectivity index (χ3n) is 4.21. The second-order valence-corrected chi connectivity index (χ2v) is 5.48. The maximum absolute atomic E-state index is 12.2. The molecule has 1 saturated carbocycles. The fourth-order valence-corrected chi connectivity index (χ4v) is 2.93. The first-order valence-corrected chi connectivity index (χ1v) is 6.31. The first kappa shape index (κ1) is 10.5. The number of hydrogen-bond donors (Lipinski definition) is 1. The Labute approximate surface area is 96.3 Å². The summed E-state index contributed by atoms with van der Waals surface area (Å²) < 4.78 is 5.18. The number of likely N-dealkylation sites (tertiary alicyclic amines) is 1. The van der Waals surface area contributed by atoms with Crippen LogP contribution in [0.5, 0.6) is 0 Å². The first-order chi connectivity index (χ1) is 7.78. The number of hydrogen-bond acceptors (Lipinski definition) is 3. The predicted octanol–water partition coefficient (Wildman–Crippen LogP) is 0.0892. The minimum atomic E-state index is 0.0542. The monoisotopic (exact) mass is 224 g/mol. The van der Waals surface area contributed by atoms with Crippen molar-refractivity contribution in [1.29, 1.82) is 0 Å². The zero-order valence-corrected chi connectivity index (χ0v) is 9.82. The van der Waals surface area contributed by atoms with E-state index >= 15 is 0 Å². The molecule has 0 aromatic heterocycles. The van der Waals surface area contributed by atoms with E-state index in [2.05, 4.69) is 10.2 Å². The number of likely N-dealkylation sites (N-methyl/N-ethyl adjacent to an activating group) is 1. The average molecular weight is 224 g/mol. The second-order valence-electron chi connectivity index (χ2n) is 5.48. The molecule has 3 rings (SSSR count). The van der Waals surface area contributed by atoms with Gasteiger partial charge in [0.05, 0.1) is 19.3 Å². The lowest BCUT2D eigenvalue weighted by molar-refractivity contribution is -0.136. The van der Waals surface area contributed by atoms with Crippen molar-refractivity contribution in [2.24, 2.45) is 17.8 Å². The molecule has 0 bridgehead atoms. The van der Waals surface area contributed by atoms with E-state index < -0.39 is 0 Å². The fraction of sp³-hybridized carbons (Fsp3) is 0.917. The highest BCUT2D eigenvalue weighted by molar-refractivity contribution is 5.82. The normalized spacial score (nSPS) is 38.9. The number of rotatable bonds is 3. The van der Waals surface area contributed by atoms with E-state index in [0.717, 1.165) is 44.6 Å². The molecule has 1 aliphatic carbocycles. The van der Waals surface area contributed by atoms with Gasteiger partial charge in [-0.2, -0.15) is 0 Å². The number of fused-ring (bicyclic) bond motifs is 1. The zero-order valence-electron chi connectivity index (χ0n) is 9.82. The Kier molecular flexibility index (Phi) is 2.64. The van der Waals surface area contributed by atoms with E-state index in [1.165, 1.54) is 6.42 Å². The largest absolute Gasteiger partial charge is 0.381 e. The van der Waals surface area contributed by atoms with Crippen LogP contribution in [0.25, 0.3) is 0 Å². The van der Waals surface area contributed by atoms with E-state index in [-0.39, 0.29) is 6.04 Å². The summed E-state index contributed by atoms with van der Waals surface area (Å²) in [6.07, 6.45) is 2.36. The molecule has 0 radical (unpaired) electrons. The van der Waals surface area contributed by atoms with Gasteiger partial charge in [0.25, 0.3) is 0 Å². The Hall–Kier alpha value is -0.610. The molecule has 4 heteroatoms. The molecule has 3 fully saturated rings. The van der Waals surface area contributed by atoms with Crippen molar-refractivity contribution in [2.75, 3.05) is 33.4 Å². The summed E-state index contributed by atoms with van der Waals surface area (Å²) in [4.78, 5) is 14.3. The predicted molar refractivity (Wildman–Crippen MR) is 60.0 cm³/mol. The Balaban J connectivity index is 1.66. The molecule has 90 valence electrons. The topological polar surface area (TPSA) is 41.6 Å². The Morgan fingerprint density at radius 1 is 1.38 bits per heavy atom. The molecular formula is C12H20N2O2. The molecule has 3 unspecified atom stereocenters. The van der Waals surface area contributed by atoms with Crippen molar-refractivity contribution in [3.05, 3.63) is 0 Å². The molecule has 2 heterocycles. The van der Waals surface area contributed by atoms with Gasteiger partial charge in [0.1, 0.15) is 0 Å². The highest BCUT2D eigenvalue weighted by Gasteiger charge is 2.45. The third-order valence-corrected chi connectivity index (χ3v) is 4.21. The van der Waals surface area contributed by atoms with Crippen LogP contribution in [-0.2, 0) is 9.53 Å². The second kappa shape index (κ2) is 4.00. The molecule has 1 N–H and O–H groups in total. The van der Waals surface area contributed by atoms with Crippen LogP contribution in [0.2, 0.25) is 0 Å². The molecule has 0 aromatic rings. The fourth-order valence-electron chi connectivity index (χ4n) is 2.93. The van der Waals surface area contributed by atoms with Gasteiger partial charge in [-0.15, -0.1) is 0 Å². The molecule has 0 spiro atoms. The zero-order chi connectivity index (χ0) is 11.1. The number of nitrogens with one attached hydrogen (secondary N) is 1. The quantitative estimate of drug-likeness (QED) is 0.738. The highest BCUT2D eigenvalue weighted by Crippen LogP contribution is 2.44. The maximum Gasteiger partial charge on any atom is 0.239 e. The van der Waals surface area contributed by atoms with Crippen molar-refractivity contribution in [1.82, 2.24) is 10.2 Å². The SMILES string of the molecule is CNC1CC2CC2CN(CC2COC2)C1=O. The van der Waals surface area contributed by atoms with Crippen molar-refractivity contribution < 1.29 is 9.53 Å². The van der Waals surface area contributed by atoms with Gasteiger partial charge >= 0.3 is 0 Å². The van der Waals surface area contributed by atoms with Gasteiger partial charge in [-0.05, 0) is 31.7 Å². The van der Waals surface area contributed by atoms with Crippen LogP contribution in [0.3, 0.4) is 0 Å². The van der Waals surface area contributed by atoms with Gasteiger partial charge in [0.2, 0.25) is 5.91 Å². The lowest BCUT2D eigenvalue weighted by Gasteiger charge is -2.33. The third kappa shape index (κ3) is 1.84. The van der Waals surface area contributed by atoms with Crippen molar-refractivity contribution in [3.8, 4) is 0 Å². The minimum absolute atomic E-state index is 0.0542. The maximum atomic E-state index is 12.2. The van der Waals surface area contributed by atoms with Gasteiger partial charge < -0.3 is 15.0 Å². The van der Waals surface area contributed by atoms with Crippen LogP contribution in [0, 0.1) is 17.8 Å². The van der Waals surface area contributed by atoms with E-state index in [9.17, 15) is 4.79 Å². The minimum Gasteiger partial charge on any atom is -0.381 e. The lowest BCUT2D eigenvalue weighted by Crippen LogP contribution is -2.49. The summed E-state index contributed by atoms with van der Waals surface area (Å²) in [5, 5.41) is 3.17. The van der Waals surface area contributed by atoms with E-state index in [1.807, 2.05) is 7.05 Å². The number of amides is 1. The summed E-state index contributed by atoms with van der Waals surface area (Å²) in [6, 6.07) is 0.0542. The van der Waals surface area contributed by atoms with Crippen molar-refractivity contribution in [3.63, 3.8) is 0 Å². The van der Waals surface area contributed by atoms with Crippen LogP contribution in [-0.4, -0.2) is 50.2 Å². The number of carbonyl (C=O) groups excluding carboxylic acids is 1. The summed E-state index contributed by atoms with van der Waals surface area (Å²) in [6.45, 7) is 3.56. The first-order valence-electron chi connectivity index (χ1n) is 6.31. The highest BCUT2D eigenvalue weighted by atomic mass is 16.5. The van der Waals surface area contributed by atoms with Crippen LogP contribution in [0.1, 0.15) is 12.8 Å². The standard InChI is InChI=1S/C12H20N2O2/c1-13-11-3-9-2-10(9)5-14(12(11)15)4-8-6-16-7-8/h8-11,13H,2-7H2,1H3. The number of ether oxygens (including phenoxy) is 1. The summed E-state index contributed by atoms with van der Waals surface area (Å²) >= 11 is 0. The van der Waals surface area contributed by atoms with Crippen molar-refractivity contribution in [2.45, 2.75) is 18.9 Å². The van der Waals surface area contributed by atoms with E-state index in [1.54, 1.807) is 0 Å². The molecule has 1 amide bonds. The van der Waals surface area contributed by atoms with E-state index in [0.29, 0.717) is 11.8 Å². The molecule has 4 nitrogen and oxygen atoms in total. The molecule has 16 heavy (non-hydrogen) atoms. The molecule has 3 aliphatic rings. The average Bonchev–Trinajstić information content (AvgIpc) is 2.95. The van der Waals surface area contributed by atoms with Crippen LogP contribution < -0.4 is 5.32 Å². The van der Waals surface area contributed by atoms with Gasteiger partial charge in [-0.1, -0.05) is 0 Å². The summed E-state index contributed by atoms with van der Waals surface area (Å²) in [7, 11) is 1.90. The van der Waals surface area contributed by atoms with Gasteiger partial charge in [0.15, 0.2) is 0 Å². The molecule has 3 atom stereocenters. The van der Waals surface area contributed by atoms with Gasteiger partial charge in [-0.25, -0.2) is 0 Å². The Morgan fingerprint density at radius 3 is 2.81 bits per heavy atom. The Bertz CT molecular complexity index is 291. The Morgan fingerprint density at radius 2 is 2.19 bits per heavy atom. The van der Waals surface area contributed by atoms with Crippen LogP contribution in [0.15, 0.2) is 0 Å². The number of nitrogens with zero attached hydrogens (tertiary/aromatic N) is 1. The summed E-state index contributed by atoms with van der Waals surface area (Å²) in [5.74, 6) is 2.46. The van der Waals surface area contributed by atoms with Crippen molar-refractivity contribution >= 4 is 5.91 Å². The van der Waals surface area contributed by atoms with Gasteiger partial charge in [-0.3, -0.25) is 4.79 Å². The molecular weight excluding hydrogens is 204 g/mol. The number of carbonyl (C=O) groups is 1. The molecule has 0 aromatic carbocycles. The molecule has 2 saturated heterocycles. The van der Waals surface area contributed by atoms with Gasteiger partial charge in [0, 0.05) is 19.0 Å².